The van der Waals surface area contributed by atoms with Crippen molar-refractivity contribution in [1.29, 1.82) is 0 Å². The summed E-state index contributed by atoms with van der Waals surface area (Å²) >= 11 is 0. The molecule has 1 aromatic heterocycles. The predicted molar refractivity (Wildman–Crippen MR) is 109 cm³/mol. The highest BCUT2D eigenvalue weighted by molar-refractivity contribution is 6.01. The smallest absolute Gasteiger partial charge is 0.342 e. The second-order valence-corrected chi connectivity index (χ2v) is 7.09. The SMILES string of the molecule is Cc1ccc(-n2c(C)cc(C(=O)COC(=O)c3ccc(O)cc3O)c2C)cc1C. The molecule has 0 spiro atoms. The predicted octanol–water partition coefficient (Wildman–Crippen LogP) is 4.16. The van der Waals surface area contributed by atoms with Crippen molar-refractivity contribution in [3.63, 3.8) is 0 Å². The van der Waals surface area contributed by atoms with Crippen molar-refractivity contribution in [2.24, 2.45) is 0 Å². The maximum atomic E-state index is 12.7. The van der Waals surface area contributed by atoms with E-state index in [1.807, 2.05) is 44.4 Å². The number of hydrogen-bond acceptors (Lipinski definition) is 5. The van der Waals surface area contributed by atoms with Crippen LogP contribution in [0.25, 0.3) is 5.69 Å². The number of hydrogen-bond donors (Lipinski definition) is 2. The van der Waals surface area contributed by atoms with E-state index < -0.39 is 18.3 Å². The molecule has 2 aromatic carbocycles. The first-order chi connectivity index (χ1) is 13.7. The van der Waals surface area contributed by atoms with Crippen molar-refractivity contribution in [2.45, 2.75) is 27.7 Å². The number of carbonyl (C=O) groups is 2. The minimum atomic E-state index is -0.834. The molecule has 6 nitrogen and oxygen atoms in total. The first kappa shape index (κ1) is 20.2. The van der Waals surface area contributed by atoms with Crippen LogP contribution in [-0.2, 0) is 4.74 Å². The summed E-state index contributed by atoms with van der Waals surface area (Å²) in [7, 11) is 0. The number of ether oxygens (including phenoxy) is 1. The maximum absolute atomic E-state index is 12.7. The van der Waals surface area contributed by atoms with Gasteiger partial charge in [-0.25, -0.2) is 4.79 Å². The zero-order chi connectivity index (χ0) is 21.3. The Balaban J connectivity index is 1.79. The summed E-state index contributed by atoms with van der Waals surface area (Å²) in [6.07, 6.45) is 0. The van der Waals surface area contributed by atoms with Gasteiger partial charge in [-0.1, -0.05) is 6.07 Å². The van der Waals surface area contributed by atoms with E-state index in [1.165, 1.54) is 17.7 Å². The van der Waals surface area contributed by atoms with Crippen molar-refractivity contribution in [2.75, 3.05) is 6.61 Å². The van der Waals surface area contributed by atoms with Gasteiger partial charge in [-0.3, -0.25) is 4.79 Å². The van der Waals surface area contributed by atoms with Crippen molar-refractivity contribution >= 4 is 11.8 Å². The third-order valence-corrected chi connectivity index (χ3v) is 5.02. The molecule has 0 atom stereocenters. The number of esters is 1. The molecule has 0 bridgehead atoms. The van der Waals surface area contributed by atoms with Crippen LogP contribution in [0.5, 0.6) is 11.5 Å². The number of benzene rings is 2. The minimum absolute atomic E-state index is 0.115. The number of aryl methyl sites for hydroxylation is 3. The number of ketones is 1. The Hall–Kier alpha value is -3.54. The van der Waals surface area contributed by atoms with Crippen LogP contribution in [-0.4, -0.2) is 33.1 Å². The molecule has 0 aliphatic heterocycles. The lowest BCUT2D eigenvalue weighted by atomic mass is 10.1. The summed E-state index contributed by atoms with van der Waals surface area (Å²) in [6.45, 7) is 7.40. The van der Waals surface area contributed by atoms with Gasteiger partial charge in [-0.15, -0.1) is 0 Å². The topological polar surface area (TPSA) is 88.8 Å². The molecular formula is C23H23NO5. The second kappa shape index (κ2) is 7.83. The van der Waals surface area contributed by atoms with Crippen LogP contribution >= 0.6 is 0 Å². The Bertz CT molecular complexity index is 1110. The monoisotopic (exact) mass is 393 g/mol. The molecule has 29 heavy (non-hydrogen) atoms. The van der Waals surface area contributed by atoms with Gasteiger partial charge in [-0.05, 0) is 69.2 Å². The van der Waals surface area contributed by atoms with E-state index in [1.54, 1.807) is 6.07 Å². The zero-order valence-electron chi connectivity index (χ0n) is 16.8. The van der Waals surface area contributed by atoms with Crippen LogP contribution in [0.4, 0.5) is 0 Å². The molecule has 0 saturated heterocycles. The van der Waals surface area contributed by atoms with Crippen LogP contribution in [0.3, 0.4) is 0 Å². The highest BCUT2D eigenvalue weighted by Gasteiger charge is 2.20. The summed E-state index contributed by atoms with van der Waals surface area (Å²) in [6, 6.07) is 11.4. The van der Waals surface area contributed by atoms with Crippen LogP contribution < -0.4 is 0 Å². The summed E-state index contributed by atoms with van der Waals surface area (Å²) < 4.78 is 7.06. The van der Waals surface area contributed by atoms with Crippen molar-refractivity contribution in [3.05, 3.63) is 76.1 Å². The van der Waals surface area contributed by atoms with Crippen LogP contribution in [0.15, 0.2) is 42.5 Å². The molecule has 1 heterocycles. The largest absolute Gasteiger partial charge is 0.508 e. The van der Waals surface area contributed by atoms with E-state index in [-0.39, 0.29) is 17.1 Å². The number of phenolic OH excluding ortho intramolecular Hbond substituents is 2. The van der Waals surface area contributed by atoms with E-state index in [0.717, 1.165) is 28.7 Å². The van der Waals surface area contributed by atoms with Gasteiger partial charge in [0.2, 0.25) is 5.78 Å². The van der Waals surface area contributed by atoms with Gasteiger partial charge >= 0.3 is 5.97 Å². The average Bonchev–Trinajstić information content (AvgIpc) is 2.96. The van der Waals surface area contributed by atoms with Crippen LogP contribution in [0.1, 0.15) is 43.2 Å². The maximum Gasteiger partial charge on any atom is 0.342 e. The minimum Gasteiger partial charge on any atom is -0.508 e. The Morgan fingerprint density at radius 3 is 2.28 bits per heavy atom. The lowest BCUT2D eigenvalue weighted by Crippen LogP contribution is -2.15. The van der Waals surface area contributed by atoms with Gasteiger partial charge in [0, 0.05) is 28.7 Å². The Morgan fingerprint density at radius 2 is 1.62 bits per heavy atom. The number of carbonyl (C=O) groups excluding carboxylic acids is 2. The molecule has 6 heteroatoms. The summed E-state index contributed by atoms with van der Waals surface area (Å²) in [4.78, 5) is 24.8. The number of nitrogens with zero attached hydrogens (tertiary/aromatic N) is 1. The quantitative estimate of drug-likeness (QED) is 0.502. The van der Waals surface area contributed by atoms with E-state index in [0.29, 0.717) is 5.56 Å². The number of rotatable bonds is 5. The summed E-state index contributed by atoms with van der Waals surface area (Å²) in [5.74, 6) is -1.75. The Kier molecular flexibility index (Phi) is 5.46. The highest BCUT2D eigenvalue weighted by atomic mass is 16.5. The number of Topliss-reactive ketones (excluding diaryl/α,β-unsaturated/α-hetero) is 1. The van der Waals surface area contributed by atoms with Gasteiger partial charge in [0.15, 0.2) is 6.61 Å². The Labute approximate surface area is 169 Å². The van der Waals surface area contributed by atoms with E-state index >= 15 is 0 Å². The van der Waals surface area contributed by atoms with Crippen molar-refractivity contribution < 1.29 is 24.5 Å². The fourth-order valence-electron chi connectivity index (χ4n) is 3.29. The summed E-state index contributed by atoms with van der Waals surface area (Å²) in [5.41, 5.74) is 5.34. The van der Waals surface area contributed by atoms with Crippen molar-refractivity contribution in [3.8, 4) is 17.2 Å². The van der Waals surface area contributed by atoms with Gasteiger partial charge in [0.1, 0.15) is 17.1 Å². The highest BCUT2D eigenvalue weighted by Crippen LogP contribution is 2.25. The first-order valence-electron chi connectivity index (χ1n) is 9.18. The van der Waals surface area contributed by atoms with E-state index in [2.05, 4.69) is 6.07 Å². The molecule has 3 aromatic rings. The molecule has 0 aliphatic carbocycles. The van der Waals surface area contributed by atoms with Gasteiger partial charge in [-0.2, -0.15) is 0 Å². The normalized spacial score (nSPS) is 10.8. The first-order valence-corrected chi connectivity index (χ1v) is 9.18. The molecule has 0 fully saturated rings. The molecule has 0 aliphatic rings. The summed E-state index contributed by atoms with van der Waals surface area (Å²) in [5, 5.41) is 19.0. The fraction of sp³-hybridized carbons (Fsp3) is 0.217. The molecule has 0 saturated carbocycles. The molecule has 0 radical (unpaired) electrons. The lowest BCUT2D eigenvalue weighted by Gasteiger charge is -2.12. The Morgan fingerprint density at radius 1 is 0.897 bits per heavy atom. The standard InChI is InChI=1S/C23H23NO5/c1-13-5-6-17(9-14(13)2)24-15(3)10-20(16(24)4)22(27)12-29-23(28)19-8-7-18(25)11-21(19)26/h5-11,25-26H,12H2,1-4H3. The van der Waals surface area contributed by atoms with E-state index in [4.69, 9.17) is 4.74 Å². The molecule has 150 valence electrons. The van der Waals surface area contributed by atoms with Gasteiger partial charge < -0.3 is 19.5 Å². The number of aromatic hydroxyl groups is 2. The number of phenols is 2. The zero-order valence-corrected chi connectivity index (χ0v) is 16.8. The van der Waals surface area contributed by atoms with Gasteiger partial charge in [0.25, 0.3) is 0 Å². The average molecular weight is 393 g/mol. The molecule has 2 N–H and O–H groups in total. The lowest BCUT2D eigenvalue weighted by molar-refractivity contribution is 0.0471. The fourth-order valence-corrected chi connectivity index (χ4v) is 3.29. The van der Waals surface area contributed by atoms with Crippen LogP contribution in [0.2, 0.25) is 0 Å². The van der Waals surface area contributed by atoms with Gasteiger partial charge in [0.05, 0.1) is 0 Å². The van der Waals surface area contributed by atoms with Crippen LogP contribution in [0, 0.1) is 27.7 Å². The number of aromatic nitrogens is 1. The van der Waals surface area contributed by atoms with Crippen molar-refractivity contribution in [1.82, 2.24) is 4.57 Å². The van der Waals surface area contributed by atoms with E-state index in [9.17, 15) is 19.8 Å². The molecule has 0 amide bonds. The molecule has 3 rings (SSSR count). The third-order valence-electron chi connectivity index (χ3n) is 5.02. The molecule has 0 unspecified atom stereocenters. The molecular weight excluding hydrogens is 370 g/mol. The third kappa shape index (κ3) is 4.01. The second-order valence-electron chi connectivity index (χ2n) is 7.09.